The van der Waals surface area contributed by atoms with E-state index in [4.69, 9.17) is 28.9 Å². The van der Waals surface area contributed by atoms with Crippen molar-refractivity contribution in [3.63, 3.8) is 0 Å². The Morgan fingerprint density at radius 1 is 1.29 bits per heavy atom. The van der Waals surface area contributed by atoms with Crippen LogP contribution < -0.4 is 11.3 Å². The van der Waals surface area contributed by atoms with Crippen molar-refractivity contribution in [2.75, 3.05) is 0 Å². The fourth-order valence-corrected chi connectivity index (χ4v) is 1.87. The highest BCUT2D eigenvalue weighted by Gasteiger charge is 2.07. The lowest BCUT2D eigenvalue weighted by Gasteiger charge is -2.04. The molecule has 2 rings (SSSR count). The van der Waals surface area contributed by atoms with E-state index in [0.717, 1.165) is 0 Å². The Kier molecular flexibility index (Phi) is 6.23. The van der Waals surface area contributed by atoms with E-state index in [1.165, 1.54) is 17.0 Å². The van der Waals surface area contributed by atoms with Gasteiger partial charge in [-0.25, -0.2) is 4.98 Å². The van der Waals surface area contributed by atoms with Crippen molar-refractivity contribution in [3.05, 3.63) is 38.9 Å². The van der Waals surface area contributed by atoms with Gasteiger partial charge in [-0.2, -0.15) is 0 Å². The summed E-state index contributed by atoms with van der Waals surface area (Å²) in [5, 5.41) is 1.14. The van der Waals surface area contributed by atoms with Gasteiger partial charge in [-0.05, 0) is 12.1 Å². The second-order valence-corrected chi connectivity index (χ2v) is 3.83. The number of halogens is 4. The lowest BCUT2D eigenvalue weighted by atomic mass is 10.2. The Morgan fingerprint density at radius 2 is 1.94 bits per heavy atom. The maximum absolute atomic E-state index is 11.8. The van der Waals surface area contributed by atoms with Crippen LogP contribution >= 0.6 is 48.0 Å². The highest BCUT2D eigenvalue weighted by Crippen LogP contribution is 2.23. The van der Waals surface area contributed by atoms with E-state index < -0.39 is 0 Å². The van der Waals surface area contributed by atoms with Gasteiger partial charge in [0.25, 0.3) is 5.56 Å². The number of benzene rings is 1. The minimum absolute atomic E-state index is 0. The Hall–Kier alpha value is -0.520. The second-order valence-electron chi connectivity index (χ2n) is 2.99. The minimum Gasteiger partial charge on any atom is -0.313 e. The Labute approximate surface area is 120 Å². The van der Waals surface area contributed by atoms with Crippen molar-refractivity contribution in [1.29, 1.82) is 0 Å². The highest BCUT2D eigenvalue weighted by molar-refractivity contribution is 6.38. The number of nitrogens with zero attached hydrogens (tertiary/aromatic N) is 2. The van der Waals surface area contributed by atoms with Gasteiger partial charge in [0.2, 0.25) is 0 Å². The number of hydrogen-bond donors (Lipinski definition) is 1. The normalized spacial score (nSPS) is 9.59. The number of nitrogens with two attached hydrogens (primary N) is 1. The van der Waals surface area contributed by atoms with Gasteiger partial charge in [-0.1, -0.05) is 23.2 Å². The number of hydrogen-bond acceptors (Lipinski definition) is 3. The molecule has 17 heavy (non-hydrogen) atoms. The van der Waals surface area contributed by atoms with E-state index in [1.54, 1.807) is 6.07 Å². The molecule has 0 fully saturated rings. The summed E-state index contributed by atoms with van der Waals surface area (Å²) in [6.45, 7) is 0.0753. The molecule has 1 aromatic carbocycles. The first-order valence-corrected chi connectivity index (χ1v) is 4.93. The third-order valence-electron chi connectivity index (χ3n) is 2.04. The first-order valence-electron chi connectivity index (χ1n) is 4.17. The molecule has 0 aliphatic heterocycles. The molecule has 1 aromatic heterocycles. The van der Waals surface area contributed by atoms with Crippen molar-refractivity contribution >= 4 is 58.9 Å². The molecule has 0 amide bonds. The molecule has 0 saturated carbocycles. The molecule has 1 heterocycles. The highest BCUT2D eigenvalue weighted by atomic mass is 35.5. The molecule has 4 nitrogen and oxygen atoms in total. The molecule has 94 valence electrons. The fraction of sp³-hybridized carbons (Fsp3) is 0.111. The number of rotatable bonds is 1. The lowest BCUT2D eigenvalue weighted by molar-refractivity contribution is 0.692. The van der Waals surface area contributed by atoms with Gasteiger partial charge >= 0.3 is 0 Å². The molecule has 8 heteroatoms. The molecular weight excluding hydrogens is 308 g/mol. The van der Waals surface area contributed by atoms with Crippen LogP contribution in [0.1, 0.15) is 0 Å². The van der Waals surface area contributed by atoms with Crippen molar-refractivity contribution in [2.45, 2.75) is 6.67 Å². The van der Waals surface area contributed by atoms with Gasteiger partial charge in [0.15, 0.2) is 0 Å². The lowest BCUT2D eigenvalue weighted by Crippen LogP contribution is -2.24. The van der Waals surface area contributed by atoms with Crippen molar-refractivity contribution < 1.29 is 0 Å². The summed E-state index contributed by atoms with van der Waals surface area (Å²) >= 11 is 11.7. The molecule has 0 saturated heterocycles. The third-order valence-corrected chi connectivity index (χ3v) is 2.55. The van der Waals surface area contributed by atoms with Crippen LogP contribution in [-0.4, -0.2) is 9.55 Å². The zero-order valence-corrected chi connectivity index (χ0v) is 11.5. The van der Waals surface area contributed by atoms with Gasteiger partial charge in [-0.15, -0.1) is 24.8 Å². The molecule has 0 spiro atoms. The maximum atomic E-state index is 11.8. The van der Waals surface area contributed by atoms with Crippen molar-refractivity contribution in [1.82, 2.24) is 9.55 Å². The summed E-state index contributed by atoms with van der Waals surface area (Å²) in [7, 11) is 0. The van der Waals surface area contributed by atoms with E-state index in [-0.39, 0.29) is 37.0 Å². The largest absolute Gasteiger partial charge is 0.313 e. The van der Waals surface area contributed by atoms with Gasteiger partial charge in [-0.3, -0.25) is 9.36 Å². The molecule has 2 N–H and O–H groups in total. The smallest absolute Gasteiger partial charge is 0.262 e. The Morgan fingerprint density at radius 3 is 2.53 bits per heavy atom. The van der Waals surface area contributed by atoms with Crippen LogP contribution in [0.25, 0.3) is 10.9 Å². The average molecular weight is 317 g/mol. The maximum Gasteiger partial charge on any atom is 0.262 e. The van der Waals surface area contributed by atoms with E-state index in [1.807, 2.05) is 0 Å². The minimum atomic E-state index is -0.244. The van der Waals surface area contributed by atoms with Crippen LogP contribution in [-0.2, 0) is 6.67 Å². The van der Waals surface area contributed by atoms with E-state index in [2.05, 4.69) is 4.98 Å². The third kappa shape index (κ3) is 3.03. The SMILES string of the molecule is Cl.Cl.NCn1cnc2c(Cl)cc(Cl)cc2c1=O. The summed E-state index contributed by atoms with van der Waals surface area (Å²) in [6.07, 6.45) is 1.37. The molecule has 2 aromatic rings. The molecule has 0 radical (unpaired) electrons. The van der Waals surface area contributed by atoms with Crippen molar-refractivity contribution in [2.24, 2.45) is 5.73 Å². The first-order chi connectivity index (χ1) is 7.13. The van der Waals surface area contributed by atoms with Gasteiger partial charge in [0.1, 0.15) is 0 Å². The summed E-state index contributed by atoms with van der Waals surface area (Å²) in [5.74, 6) is 0. The van der Waals surface area contributed by atoms with Gasteiger partial charge < -0.3 is 5.73 Å². The molecule has 0 aliphatic rings. The van der Waals surface area contributed by atoms with Crippen LogP contribution in [0, 0.1) is 0 Å². The summed E-state index contributed by atoms with van der Waals surface area (Å²) in [5.41, 5.74) is 5.57. The quantitative estimate of drug-likeness (QED) is 0.879. The number of fused-ring (bicyclic) bond motifs is 1. The van der Waals surface area contributed by atoms with Crippen LogP contribution in [0.2, 0.25) is 10.0 Å². The molecule has 0 bridgehead atoms. The molecular formula is C9H9Cl4N3O. The van der Waals surface area contributed by atoms with Crippen molar-refractivity contribution in [3.8, 4) is 0 Å². The van der Waals surface area contributed by atoms with Crippen LogP contribution in [0.3, 0.4) is 0 Å². The monoisotopic (exact) mass is 315 g/mol. The molecule has 0 unspecified atom stereocenters. The van der Waals surface area contributed by atoms with Gasteiger partial charge in [0.05, 0.1) is 28.9 Å². The van der Waals surface area contributed by atoms with Crippen LogP contribution in [0.5, 0.6) is 0 Å². The zero-order chi connectivity index (χ0) is 11.0. The first kappa shape index (κ1) is 16.5. The number of aromatic nitrogens is 2. The van der Waals surface area contributed by atoms with E-state index in [9.17, 15) is 4.79 Å². The Balaban J connectivity index is 0.00000128. The topological polar surface area (TPSA) is 60.9 Å². The summed E-state index contributed by atoms with van der Waals surface area (Å²) < 4.78 is 1.29. The predicted octanol–water partition coefficient (Wildman–Crippen LogP) is 2.46. The predicted molar refractivity (Wildman–Crippen MR) is 74.7 cm³/mol. The van der Waals surface area contributed by atoms with E-state index in [0.29, 0.717) is 20.9 Å². The Bertz CT molecular complexity index is 584. The summed E-state index contributed by atoms with van der Waals surface area (Å²) in [4.78, 5) is 15.8. The molecule has 0 aliphatic carbocycles. The second kappa shape index (κ2) is 6.42. The fourth-order valence-electron chi connectivity index (χ4n) is 1.32. The van der Waals surface area contributed by atoms with E-state index >= 15 is 0 Å². The average Bonchev–Trinajstić information content (AvgIpc) is 2.19. The zero-order valence-electron chi connectivity index (χ0n) is 8.39. The van der Waals surface area contributed by atoms with Crippen LogP contribution in [0.4, 0.5) is 0 Å². The molecule has 0 atom stereocenters. The van der Waals surface area contributed by atoms with Crippen LogP contribution in [0.15, 0.2) is 23.3 Å². The van der Waals surface area contributed by atoms with Gasteiger partial charge in [0, 0.05) is 5.02 Å². The summed E-state index contributed by atoms with van der Waals surface area (Å²) in [6, 6.07) is 3.08. The standard InChI is InChI=1S/C9H7Cl2N3O.2ClH/c10-5-1-6-8(7(11)2-5)13-4-14(3-12)9(6)15;;/h1-2,4H,3,12H2;2*1H.